The Morgan fingerprint density at radius 2 is 1.76 bits per heavy atom. The predicted octanol–water partition coefficient (Wildman–Crippen LogP) is 4.02. The molecule has 134 valence electrons. The number of methoxy groups -OCH3 is 1. The van der Waals surface area contributed by atoms with E-state index in [0.717, 1.165) is 23.2 Å². The first kappa shape index (κ1) is 19.2. The van der Waals surface area contributed by atoms with E-state index >= 15 is 0 Å². The lowest BCUT2D eigenvalue weighted by molar-refractivity contribution is -0.112. The Bertz CT molecular complexity index is 627. The Hall–Kier alpha value is -2.17. The molecular formula is C21H26O4. The van der Waals surface area contributed by atoms with Gasteiger partial charge in [-0.2, -0.15) is 0 Å². The van der Waals surface area contributed by atoms with E-state index in [-0.39, 0.29) is 12.0 Å². The van der Waals surface area contributed by atoms with Crippen LogP contribution in [-0.2, 0) is 27.5 Å². The van der Waals surface area contributed by atoms with Crippen molar-refractivity contribution in [1.29, 1.82) is 0 Å². The highest BCUT2D eigenvalue weighted by atomic mass is 16.5. The van der Waals surface area contributed by atoms with Gasteiger partial charge in [0.1, 0.15) is 12.0 Å². The van der Waals surface area contributed by atoms with E-state index in [1.54, 1.807) is 7.11 Å². The van der Waals surface area contributed by atoms with Crippen molar-refractivity contribution in [3.8, 4) is 5.75 Å². The van der Waals surface area contributed by atoms with Crippen molar-refractivity contribution in [2.75, 3.05) is 13.7 Å². The molecule has 0 radical (unpaired) electrons. The molecule has 25 heavy (non-hydrogen) atoms. The van der Waals surface area contributed by atoms with Gasteiger partial charge >= 0.3 is 0 Å². The minimum Gasteiger partial charge on any atom is -0.497 e. The van der Waals surface area contributed by atoms with Gasteiger partial charge in [-0.15, -0.1) is 0 Å². The molecular weight excluding hydrogens is 316 g/mol. The fraction of sp³-hybridized carbons (Fsp3) is 0.381. The van der Waals surface area contributed by atoms with Gasteiger partial charge in [0, 0.05) is 12.3 Å². The molecule has 0 aromatic heterocycles. The van der Waals surface area contributed by atoms with Crippen LogP contribution in [0.3, 0.4) is 0 Å². The first-order valence-corrected chi connectivity index (χ1v) is 8.52. The normalized spacial score (nSPS) is 13.2. The molecule has 0 spiro atoms. The van der Waals surface area contributed by atoms with Crippen LogP contribution >= 0.6 is 0 Å². The molecule has 2 aromatic carbocycles. The van der Waals surface area contributed by atoms with Gasteiger partial charge in [-0.25, -0.2) is 0 Å². The van der Waals surface area contributed by atoms with Gasteiger partial charge in [0.05, 0.1) is 33.0 Å². The predicted molar refractivity (Wildman–Crippen MR) is 97.5 cm³/mol. The summed E-state index contributed by atoms with van der Waals surface area (Å²) in [6.07, 6.45) is 1.10. The Kier molecular flexibility index (Phi) is 8.16. The number of rotatable bonds is 11. The third-order valence-corrected chi connectivity index (χ3v) is 4.05. The summed E-state index contributed by atoms with van der Waals surface area (Å²) < 4.78 is 17.0. The Morgan fingerprint density at radius 3 is 2.48 bits per heavy atom. The van der Waals surface area contributed by atoms with Gasteiger partial charge in [-0.05, 0) is 23.3 Å². The standard InChI is InChI=1S/C21H26O4/c1-17(14-24-15-18-7-4-3-5-8-18)21(11-12-22)25-16-19-9-6-10-20(13-19)23-2/h3-10,12-13,17,21H,11,14-16H2,1-2H3/t17-,21-/m0/s1. The number of hydrogen-bond donors (Lipinski definition) is 0. The molecule has 2 aromatic rings. The van der Waals surface area contributed by atoms with E-state index in [1.165, 1.54) is 0 Å². The molecule has 0 unspecified atom stereocenters. The van der Waals surface area contributed by atoms with Gasteiger partial charge in [0.2, 0.25) is 0 Å². The molecule has 4 nitrogen and oxygen atoms in total. The maximum Gasteiger partial charge on any atom is 0.122 e. The van der Waals surface area contributed by atoms with Crippen LogP contribution in [0, 0.1) is 5.92 Å². The second-order valence-corrected chi connectivity index (χ2v) is 6.08. The first-order chi connectivity index (χ1) is 12.2. The number of benzene rings is 2. The van der Waals surface area contributed by atoms with Crippen LogP contribution in [0.4, 0.5) is 0 Å². The van der Waals surface area contributed by atoms with Crippen molar-refractivity contribution in [3.05, 3.63) is 65.7 Å². The van der Waals surface area contributed by atoms with Crippen LogP contribution in [0.15, 0.2) is 54.6 Å². The molecule has 0 N–H and O–H groups in total. The molecule has 0 heterocycles. The van der Waals surface area contributed by atoms with Crippen LogP contribution in [0.1, 0.15) is 24.5 Å². The van der Waals surface area contributed by atoms with E-state index in [4.69, 9.17) is 14.2 Å². The molecule has 0 aliphatic rings. The van der Waals surface area contributed by atoms with Crippen LogP contribution in [0.25, 0.3) is 0 Å². The second-order valence-electron chi connectivity index (χ2n) is 6.08. The van der Waals surface area contributed by atoms with Crippen molar-refractivity contribution in [3.63, 3.8) is 0 Å². The minimum absolute atomic E-state index is 0.125. The number of hydrogen-bond acceptors (Lipinski definition) is 4. The summed E-state index contributed by atoms with van der Waals surface area (Å²) in [5.74, 6) is 0.923. The number of ether oxygens (including phenoxy) is 3. The molecule has 4 heteroatoms. The quantitative estimate of drug-likeness (QED) is 0.579. The zero-order valence-electron chi connectivity index (χ0n) is 14.9. The zero-order valence-corrected chi connectivity index (χ0v) is 14.9. The summed E-state index contributed by atoms with van der Waals surface area (Å²) in [7, 11) is 1.64. The average molecular weight is 342 g/mol. The fourth-order valence-electron chi connectivity index (χ4n) is 2.57. The minimum atomic E-state index is -0.167. The molecule has 2 rings (SSSR count). The van der Waals surface area contributed by atoms with Crippen LogP contribution in [0.2, 0.25) is 0 Å². The third-order valence-electron chi connectivity index (χ3n) is 4.05. The van der Waals surface area contributed by atoms with Gasteiger partial charge in [0.15, 0.2) is 0 Å². The largest absolute Gasteiger partial charge is 0.497 e. The summed E-state index contributed by atoms with van der Waals surface area (Å²) >= 11 is 0. The van der Waals surface area contributed by atoms with E-state index in [0.29, 0.717) is 26.2 Å². The third kappa shape index (κ3) is 6.69. The van der Waals surface area contributed by atoms with Crippen molar-refractivity contribution in [2.24, 2.45) is 5.92 Å². The highest BCUT2D eigenvalue weighted by Gasteiger charge is 2.18. The molecule has 0 saturated heterocycles. The summed E-state index contributed by atoms with van der Waals surface area (Å²) in [6.45, 7) is 3.60. The van der Waals surface area contributed by atoms with Gasteiger partial charge < -0.3 is 19.0 Å². The Morgan fingerprint density at radius 1 is 1.00 bits per heavy atom. The lowest BCUT2D eigenvalue weighted by Crippen LogP contribution is -2.26. The van der Waals surface area contributed by atoms with E-state index in [9.17, 15) is 4.79 Å². The Balaban J connectivity index is 1.82. The topological polar surface area (TPSA) is 44.8 Å². The summed E-state index contributed by atoms with van der Waals surface area (Å²) in [5.41, 5.74) is 2.16. The zero-order chi connectivity index (χ0) is 17.9. The second kappa shape index (κ2) is 10.6. The summed E-state index contributed by atoms with van der Waals surface area (Å²) in [5, 5.41) is 0. The van der Waals surface area contributed by atoms with Crippen LogP contribution in [0.5, 0.6) is 5.75 Å². The SMILES string of the molecule is COc1cccc(CO[C@@H](CC=O)[C@@H](C)COCc2ccccc2)c1. The van der Waals surface area contributed by atoms with Crippen molar-refractivity contribution >= 4 is 6.29 Å². The molecule has 0 aliphatic heterocycles. The first-order valence-electron chi connectivity index (χ1n) is 8.52. The average Bonchev–Trinajstić information content (AvgIpc) is 2.66. The summed E-state index contributed by atoms with van der Waals surface area (Å²) in [6, 6.07) is 17.8. The number of carbonyl (C=O) groups is 1. The van der Waals surface area contributed by atoms with Gasteiger partial charge in [-0.1, -0.05) is 49.4 Å². The maximum atomic E-state index is 11.0. The molecule has 0 fully saturated rings. The van der Waals surface area contributed by atoms with Crippen molar-refractivity contribution in [2.45, 2.75) is 32.7 Å². The molecule has 0 saturated carbocycles. The highest BCUT2D eigenvalue weighted by Crippen LogP contribution is 2.18. The van der Waals surface area contributed by atoms with E-state index < -0.39 is 0 Å². The maximum absolute atomic E-state index is 11.0. The van der Waals surface area contributed by atoms with Gasteiger partial charge in [0.25, 0.3) is 0 Å². The highest BCUT2D eigenvalue weighted by molar-refractivity contribution is 5.50. The number of aldehydes is 1. The van der Waals surface area contributed by atoms with Crippen molar-refractivity contribution in [1.82, 2.24) is 0 Å². The lowest BCUT2D eigenvalue weighted by atomic mass is 10.0. The number of carbonyl (C=O) groups excluding carboxylic acids is 1. The van der Waals surface area contributed by atoms with E-state index in [2.05, 4.69) is 0 Å². The van der Waals surface area contributed by atoms with Crippen LogP contribution < -0.4 is 4.74 Å². The monoisotopic (exact) mass is 342 g/mol. The fourth-order valence-corrected chi connectivity index (χ4v) is 2.57. The molecule has 0 amide bonds. The van der Waals surface area contributed by atoms with Gasteiger partial charge in [-0.3, -0.25) is 0 Å². The lowest BCUT2D eigenvalue weighted by Gasteiger charge is -2.23. The molecule has 0 bridgehead atoms. The van der Waals surface area contributed by atoms with Crippen molar-refractivity contribution < 1.29 is 19.0 Å². The van der Waals surface area contributed by atoms with Crippen LogP contribution in [-0.4, -0.2) is 26.1 Å². The van der Waals surface area contributed by atoms with E-state index in [1.807, 2.05) is 61.5 Å². The smallest absolute Gasteiger partial charge is 0.122 e. The molecule has 0 aliphatic carbocycles. The molecule has 2 atom stereocenters. The Labute approximate surface area is 149 Å². The summed E-state index contributed by atoms with van der Waals surface area (Å²) in [4.78, 5) is 11.0.